The van der Waals surface area contributed by atoms with Gasteiger partial charge in [-0.3, -0.25) is 4.79 Å². The summed E-state index contributed by atoms with van der Waals surface area (Å²) in [5.41, 5.74) is -1.93. The number of carbonyl (C=O) groups excluding carboxylic acids is 1. The van der Waals surface area contributed by atoms with E-state index in [9.17, 15) is 14.7 Å². The van der Waals surface area contributed by atoms with Crippen LogP contribution in [0.1, 0.15) is 17.3 Å². The van der Waals surface area contributed by atoms with Crippen molar-refractivity contribution < 1.29 is 24.5 Å². The summed E-state index contributed by atoms with van der Waals surface area (Å²) in [6.45, 7) is 0.617. The molecule has 3 N–H and O–H groups in total. The van der Waals surface area contributed by atoms with E-state index in [0.29, 0.717) is 0 Å². The molecule has 20 heavy (non-hydrogen) atoms. The zero-order valence-electron chi connectivity index (χ0n) is 10.7. The van der Waals surface area contributed by atoms with Crippen molar-refractivity contribution in [3.8, 4) is 5.75 Å². The van der Waals surface area contributed by atoms with Crippen molar-refractivity contribution in [1.82, 2.24) is 5.32 Å². The summed E-state index contributed by atoms with van der Waals surface area (Å²) >= 11 is 11.8. The van der Waals surface area contributed by atoms with Gasteiger partial charge in [-0.15, -0.1) is 0 Å². The maximum absolute atomic E-state index is 11.8. The number of hydrogen-bond acceptors (Lipinski definition) is 4. The van der Waals surface area contributed by atoms with Crippen LogP contribution in [0, 0.1) is 0 Å². The average molecular weight is 322 g/mol. The first-order chi connectivity index (χ1) is 9.19. The highest BCUT2D eigenvalue weighted by Crippen LogP contribution is 2.33. The molecule has 1 atom stereocenters. The molecular weight excluding hydrogens is 309 g/mol. The zero-order valence-corrected chi connectivity index (χ0v) is 12.2. The fourth-order valence-electron chi connectivity index (χ4n) is 1.32. The fraction of sp³-hybridized carbons (Fsp3) is 0.333. The number of aliphatic hydroxyl groups is 1. The van der Waals surface area contributed by atoms with Gasteiger partial charge in [0.2, 0.25) is 0 Å². The molecule has 1 aromatic rings. The van der Waals surface area contributed by atoms with Crippen molar-refractivity contribution in [2.24, 2.45) is 0 Å². The topological polar surface area (TPSA) is 95.9 Å². The van der Waals surface area contributed by atoms with Gasteiger partial charge in [-0.1, -0.05) is 23.2 Å². The van der Waals surface area contributed by atoms with Gasteiger partial charge >= 0.3 is 5.97 Å². The van der Waals surface area contributed by atoms with Gasteiger partial charge < -0.3 is 20.3 Å². The third kappa shape index (κ3) is 3.75. The highest BCUT2D eigenvalue weighted by Gasteiger charge is 2.30. The van der Waals surface area contributed by atoms with Crippen LogP contribution in [-0.4, -0.2) is 41.3 Å². The van der Waals surface area contributed by atoms with Crippen LogP contribution in [0.2, 0.25) is 10.0 Å². The molecule has 0 aliphatic rings. The van der Waals surface area contributed by atoms with Gasteiger partial charge in [0.1, 0.15) is 0 Å². The van der Waals surface area contributed by atoms with Gasteiger partial charge in [-0.2, -0.15) is 0 Å². The van der Waals surface area contributed by atoms with Crippen LogP contribution in [0.25, 0.3) is 0 Å². The van der Waals surface area contributed by atoms with Crippen LogP contribution < -0.4 is 10.1 Å². The van der Waals surface area contributed by atoms with Crippen LogP contribution in [0.15, 0.2) is 12.1 Å². The number of rotatable bonds is 5. The number of amides is 1. The average Bonchev–Trinajstić information content (AvgIpc) is 2.35. The van der Waals surface area contributed by atoms with E-state index in [1.54, 1.807) is 0 Å². The highest BCUT2D eigenvalue weighted by molar-refractivity contribution is 6.37. The third-order valence-electron chi connectivity index (χ3n) is 2.52. The molecule has 0 heterocycles. The van der Waals surface area contributed by atoms with Crippen molar-refractivity contribution in [2.45, 2.75) is 12.5 Å². The number of halogens is 2. The van der Waals surface area contributed by atoms with Gasteiger partial charge in [0.05, 0.1) is 23.7 Å². The Balaban J connectivity index is 2.87. The zero-order chi connectivity index (χ0) is 15.5. The predicted octanol–water partition coefficient (Wildman–Crippen LogP) is 1.57. The van der Waals surface area contributed by atoms with Gasteiger partial charge in [0.25, 0.3) is 5.91 Å². The third-order valence-corrected chi connectivity index (χ3v) is 3.08. The van der Waals surface area contributed by atoms with E-state index in [1.165, 1.54) is 19.2 Å². The maximum Gasteiger partial charge on any atom is 0.337 e. The molecule has 0 aromatic heterocycles. The number of carboxylic acids is 1. The number of ether oxygens (including phenoxy) is 1. The van der Waals surface area contributed by atoms with Gasteiger partial charge in [-0.05, 0) is 19.1 Å². The van der Waals surface area contributed by atoms with E-state index in [2.05, 4.69) is 5.32 Å². The van der Waals surface area contributed by atoms with Crippen molar-refractivity contribution >= 4 is 35.1 Å². The first-order valence-electron chi connectivity index (χ1n) is 5.46. The molecule has 0 radical (unpaired) electrons. The first kappa shape index (κ1) is 16.6. The van der Waals surface area contributed by atoms with E-state index in [4.69, 9.17) is 33.0 Å². The van der Waals surface area contributed by atoms with Crippen LogP contribution in [0.3, 0.4) is 0 Å². The molecule has 0 aliphatic heterocycles. The van der Waals surface area contributed by atoms with Gasteiger partial charge in [0, 0.05) is 5.56 Å². The lowest BCUT2D eigenvalue weighted by molar-refractivity contribution is -0.155. The molecule has 0 saturated heterocycles. The smallest absolute Gasteiger partial charge is 0.337 e. The van der Waals surface area contributed by atoms with Crippen molar-refractivity contribution in [3.63, 3.8) is 0 Å². The summed E-state index contributed by atoms with van der Waals surface area (Å²) in [6.07, 6.45) is 0. The number of nitrogens with one attached hydrogen (secondary N) is 1. The van der Waals surface area contributed by atoms with E-state index in [0.717, 1.165) is 6.92 Å². The summed E-state index contributed by atoms with van der Waals surface area (Å²) in [7, 11) is 1.39. The molecule has 110 valence electrons. The Morgan fingerprint density at radius 3 is 2.25 bits per heavy atom. The standard InChI is InChI=1S/C12H13Cl2NO5/c1-12(19,11(17)18)5-15-10(16)6-3-7(13)9(20-2)8(14)4-6/h3-4,19H,5H2,1-2H3,(H,15,16)(H,17,18). The summed E-state index contributed by atoms with van der Waals surface area (Å²) in [6, 6.07) is 2.66. The number of carboxylic acid groups (broad SMARTS) is 1. The summed E-state index contributed by atoms with van der Waals surface area (Å²) in [5, 5.41) is 20.8. The minimum atomic E-state index is -2.06. The molecule has 8 heteroatoms. The second-order valence-electron chi connectivity index (χ2n) is 4.23. The van der Waals surface area contributed by atoms with E-state index in [-0.39, 0.29) is 21.4 Å². The summed E-state index contributed by atoms with van der Waals surface area (Å²) in [5.74, 6) is -1.82. The lowest BCUT2D eigenvalue weighted by Gasteiger charge is -2.18. The molecule has 1 amide bonds. The molecule has 6 nitrogen and oxygen atoms in total. The number of hydrogen-bond donors (Lipinski definition) is 3. The van der Waals surface area contributed by atoms with Crippen LogP contribution in [0.4, 0.5) is 0 Å². The normalized spacial score (nSPS) is 13.4. The molecule has 1 rings (SSSR count). The van der Waals surface area contributed by atoms with Crippen LogP contribution in [-0.2, 0) is 4.79 Å². The molecule has 1 unspecified atom stereocenters. The monoisotopic (exact) mass is 321 g/mol. The van der Waals surface area contributed by atoms with Crippen molar-refractivity contribution in [1.29, 1.82) is 0 Å². The molecule has 1 aromatic carbocycles. The van der Waals surface area contributed by atoms with Crippen LogP contribution in [0.5, 0.6) is 5.75 Å². The quantitative estimate of drug-likeness (QED) is 0.765. The Morgan fingerprint density at radius 1 is 1.35 bits per heavy atom. The molecule has 0 bridgehead atoms. The molecule has 0 aliphatic carbocycles. The fourth-order valence-corrected chi connectivity index (χ4v) is 1.96. The minimum Gasteiger partial charge on any atom is -0.494 e. The summed E-state index contributed by atoms with van der Waals surface area (Å²) in [4.78, 5) is 22.5. The van der Waals surface area contributed by atoms with Crippen molar-refractivity contribution in [2.75, 3.05) is 13.7 Å². The molecule has 0 spiro atoms. The number of benzene rings is 1. The van der Waals surface area contributed by atoms with E-state index >= 15 is 0 Å². The largest absolute Gasteiger partial charge is 0.494 e. The second kappa shape index (κ2) is 6.30. The van der Waals surface area contributed by atoms with Crippen molar-refractivity contribution in [3.05, 3.63) is 27.7 Å². The van der Waals surface area contributed by atoms with E-state index < -0.39 is 24.0 Å². The Bertz CT molecular complexity index is 522. The minimum absolute atomic E-state index is 0.127. The lowest BCUT2D eigenvalue weighted by atomic mass is 10.1. The van der Waals surface area contributed by atoms with Crippen LogP contribution >= 0.6 is 23.2 Å². The summed E-state index contributed by atoms with van der Waals surface area (Å²) < 4.78 is 4.94. The lowest BCUT2D eigenvalue weighted by Crippen LogP contribution is -2.46. The Hall–Kier alpha value is -1.50. The number of aliphatic carboxylic acids is 1. The number of carbonyl (C=O) groups is 2. The Morgan fingerprint density at radius 2 is 1.85 bits per heavy atom. The second-order valence-corrected chi connectivity index (χ2v) is 5.05. The van der Waals surface area contributed by atoms with Gasteiger partial charge in [0.15, 0.2) is 11.4 Å². The number of methoxy groups -OCH3 is 1. The maximum atomic E-state index is 11.8. The first-order valence-corrected chi connectivity index (χ1v) is 6.21. The van der Waals surface area contributed by atoms with Gasteiger partial charge in [-0.25, -0.2) is 4.79 Å². The van der Waals surface area contributed by atoms with E-state index in [1.807, 2.05) is 0 Å². The Labute approximate surface area is 125 Å². The predicted molar refractivity (Wildman–Crippen MR) is 73.6 cm³/mol. The Kier molecular flexibility index (Phi) is 5.21. The highest BCUT2D eigenvalue weighted by atomic mass is 35.5. The molecule has 0 saturated carbocycles. The molecule has 0 fully saturated rings. The molecular formula is C12H13Cl2NO5. The SMILES string of the molecule is COc1c(Cl)cc(C(=O)NCC(C)(O)C(=O)O)cc1Cl.